The quantitative estimate of drug-likeness (QED) is 0.623. The van der Waals surface area contributed by atoms with Gasteiger partial charge in [0.1, 0.15) is 16.9 Å². The van der Waals surface area contributed by atoms with Gasteiger partial charge in [-0.05, 0) is 67.9 Å². The van der Waals surface area contributed by atoms with Crippen LogP contribution in [0.2, 0.25) is 0 Å². The molecular weight excluding hydrogens is 380 g/mol. The van der Waals surface area contributed by atoms with Crippen LogP contribution in [0.4, 0.5) is 0 Å². The number of hydrogen-bond donors (Lipinski definition) is 0. The molecule has 1 aromatic rings. The fourth-order valence-electron chi connectivity index (χ4n) is 7.13. The molecule has 0 amide bonds. The highest BCUT2D eigenvalue weighted by molar-refractivity contribution is 5.98. The zero-order valence-electron chi connectivity index (χ0n) is 19.1. The lowest BCUT2D eigenvalue weighted by atomic mass is 9.44. The highest BCUT2D eigenvalue weighted by Gasteiger charge is 2.61. The van der Waals surface area contributed by atoms with Crippen LogP contribution >= 0.6 is 0 Å². The third-order valence-corrected chi connectivity index (χ3v) is 8.55. The van der Waals surface area contributed by atoms with Crippen LogP contribution < -0.4 is 4.74 Å². The minimum Gasteiger partial charge on any atom is -0.486 e. The lowest BCUT2D eigenvalue weighted by molar-refractivity contribution is -0.163. The first-order valence-electron chi connectivity index (χ1n) is 11.1. The highest BCUT2D eigenvalue weighted by Crippen LogP contribution is 2.64. The molecule has 1 heterocycles. The Labute approximate surface area is 179 Å². The molecule has 1 aromatic carbocycles. The van der Waals surface area contributed by atoms with E-state index < -0.39 is 11.9 Å². The molecule has 5 nitrogen and oxygen atoms in total. The summed E-state index contributed by atoms with van der Waals surface area (Å²) in [5, 5.41) is 0. The molecule has 30 heavy (non-hydrogen) atoms. The SMILES string of the molecule is COC(=O)c1ccc(C(=O)OC)c2c1C[C@@H]1[C@@]3(C)CCCC(C)(C)[C@@H]3CC[C@@]1(C)O2. The van der Waals surface area contributed by atoms with Crippen LogP contribution in [-0.4, -0.2) is 31.8 Å². The predicted octanol–water partition coefficient (Wildman–Crippen LogP) is 5.20. The summed E-state index contributed by atoms with van der Waals surface area (Å²) in [6.07, 6.45) is 6.42. The van der Waals surface area contributed by atoms with Crippen molar-refractivity contribution in [1.29, 1.82) is 0 Å². The molecule has 0 saturated heterocycles. The summed E-state index contributed by atoms with van der Waals surface area (Å²) >= 11 is 0. The second-order valence-electron chi connectivity index (χ2n) is 10.6. The summed E-state index contributed by atoms with van der Waals surface area (Å²) in [5.41, 5.74) is 1.72. The van der Waals surface area contributed by atoms with Crippen molar-refractivity contribution in [3.05, 3.63) is 28.8 Å². The fraction of sp³-hybridized carbons (Fsp3) is 0.680. The van der Waals surface area contributed by atoms with E-state index in [2.05, 4.69) is 27.7 Å². The summed E-state index contributed by atoms with van der Waals surface area (Å²) < 4.78 is 16.7. The molecular formula is C25H34O5. The van der Waals surface area contributed by atoms with Gasteiger partial charge in [-0.2, -0.15) is 0 Å². The minimum atomic E-state index is -0.441. The number of carbonyl (C=O) groups is 2. The first kappa shape index (κ1) is 21.2. The molecule has 2 saturated carbocycles. The molecule has 0 spiro atoms. The van der Waals surface area contributed by atoms with Gasteiger partial charge in [0.25, 0.3) is 0 Å². The van der Waals surface area contributed by atoms with E-state index in [0.29, 0.717) is 34.6 Å². The van der Waals surface area contributed by atoms with Crippen molar-refractivity contribution in [2.75, 3.05) is 14.2 Å². The summed E-state index contributed by atoms with van der Waals surface area (Å²) in [6.45, 7) is 9.43. The van der Waals surface area contributed by atoms with Gasteiger partial charge >= 0.3 is 11.9 Å². The van der Waals surface area contributed by atoms with E-state index in [-0.39, 0.29) is 16.9 Å². The summed E-state index contributed by atoms with van der Waals surface area (Å²) in [6, 6.07) is 3.30. The van der Waals surface area contributed by atoms with Gasteiger partial charge in [-0.1, -0.05) is 27.2 Å². The van der Waals surface area contributed by atoms with Crippen molar-refractivity contribution in [3.8, 4) is 5.75 Å². The highest BCUT2D eigenvalue weighted by atomic mass is 16.5. The number of ether oxygens (including phenoxy) is 3. The van der Waals surface area contributed by atoms with Gasteiger partial charge in [0.2, 0.25) is 0 Å². The maximum Gasteiger partial charge on any atom is 0.341 e. The Bertz CT molecular complexity index is 888. The van der Waals surface area contributed by atoms with Gasteiger partial charge in [-0.15, -0.1) is 0 Å². The smallest absolute Gasteiger partial charge is 0.341 e. The zero-order valence-corrected chi connectivity index (χ0v) is 19.1. The van der Waals surface area contributed by atoms with Crippen LogP contribution in [0, 0.1) is 22.7 Å². The van der Waals surface area contributed by atoms with Crippen molar-refractivity contribution in [3.63, 3.8) is 0 Å². The van der Waals surface area contributed by atoms with Gasteiger partial charge in [-0.3, -0.25) is 0 Å². The molecule has 0 bridgehead atoms. The third kappa shape index (κ3) is 2.96. The average molecular weight is 415 g/mol. The van der Waals surface area contributed by atoms with E-state index in [4.69, 9.17) is 14.2 Å². The predicted molar refractivity (Wildman–Crippen MR) is 114 cm³/mol. The maximum atomic E-state index is 12.5. The van der Waals surface area contributed by atoms with Crippen LogP contribution in [0.3, 0.4) is 0 Å². The lowest BCUT2D eigenvalue weighted by Crippen LogP contribution is -2.61. The Balaban J connectivity index is 1.86. The number of methoxy groups -OCH3 is 2. The normalized spacial score (nSPS) is 33.9. The molecule has 4 atom stereocenters. The Hall–Kier alpha value is -2.04. The van der Waals surface area contributed by atoms with Gasteiger partial charge in [0.15, 0.2) is 0 Å². The number of esters is 2. The van der Waals surface area contributed by atoms with Crippen LogP contribution in [0.1, 0.15) is 86.1 Å². The number of rotatable bonds is 2. The molecule has 4 rings (SSSR count). The van der Waals surface area contributed by atoms with Crippen LogP contribution in [0.5, 0.6) is 5.75 Å². The van der Waals surface area contributed by atoms with E-state index >= 15 is 0 Å². The van der Waals surface area contributed by atoms with Gasteiger partial charge in [0, 0.05) is 11.5 Å². The van der Waals surface area contributed by atoms with Crippen LogP contribution in [0.25, 0.3) is 0 Å². The van der Waals surface area contributed by atoms with E-state index in [1.54, 1.807) is 12.1 Å². The van der Waals surface area contributed by atoms with Crippen molar-refractivity contribution in [2.24, 2.45) is 22.7 Å². The molecule has 0 N–H and O–H groups in total. The average Bonchev–Trinajstić information content (AvgIpc) is 2.69. The lowest BCUT2D eigenvalue weighted by Gasteiger charge is -2.63. The summed E-state index contributed by atoms with van der Waals surface area (Å²) in [4.78, 5) is 25.0. The molecule has 164 valence electrons. The van der Waals surface area contributed by atoms with Crippen molar-refractivity contribution in [1.82, 2.24) is 0 Å². The number of carbonyl (C=O) groups excluding carboxylic acids is 2. The Morgan fingerprint density at radius 2 is 1.57 bits per heavy atom. The fourth-order valence-corrected chi connectivity index (χ4v) is 7.13. The standard InChI is InChI=1S/C25H34O5/c1-23(2)11-7-12-24(3)18(23)10-13-25(4)19(24)14-17-15(21(26)28-5)8-9-16(20(17)30-25)22(27)29-6/h8-9,18-19H,7,10-14H2,1-6H3/t18-,19+,24-,25+/m0/s1. The third-order valence-electron chi connectivity index (χ3n) is 8.55. The van der Waals surface area contributed by atoms with E-state index in [1.807, 2.05) is 0 Å². The monoisotopic (exact) mass is 414 g/mol. The minimum absolute atomic E-state index is 0.126. The molecule has 2 fully saturated rings. The largest absolute Gasteiger partial charge is 0.486 e. The zero-order chi connectivity index (χ0) is 21.9. The van der Waals surface area contributed by atoms with E-state index in [0.717, 1.165) is 18.4 Å². The van der Waals surface area contributed by atoms with Gasteiger partial charge < -0.3 is 14.2 Å². The van der Waals surface area contributed by atoms with Crippen molar-refractivity contribution < 1.29 is 23.8 Å². The number of benzene rings is 1. The Kier molecular flexibility index (Phi) is 4.94. The molecule has 2 aliphatic carbocycles. The number of fused-ring (bicyclic) bond motifs is 4. The second kappa shape index (κ2) is 7.00. The molecule has 1 aliphatic heterocycles. The van der Waals surface area contributed by atoms with Crippen LogP contribution in [-0.2, 0) is 15.9 Å². The number of hydrogen-bond acceptors (Lipinski definition) is 5. The topological polar surface area (TPSA) is 61.8 Å². The Morgan fingerprint density at radius 1 is 0.933 bits per heavy atom. The van der Waals surface area contributed by atoms with Crippen molar-refractivity contribution in [2.45, 2.75) is 71.8 Å². The first-order chi connectivity index (χ1) is 14.1. The molecule has 0 radical (unpaired) electrons. The van der Waals surface area contributed by atoms with Crippen LogP contribution in [0.15, 0.2) is 12.1 Å². The van der Waals surface area contributed by atoms with Crippen molar-refractivity contribution >= 4 is 11.9 Å². The van der Waals surface area contributed by atoms with Gasteiger partial charge in [0.05, 0.1) is 19.8 Å². The Morgan fingerprint density at radius 3 is 2.23 bits per heavy atom. The maximum absolute atomic E-state index is 12.5. The molecule has 3 aliphatic rings. The summed E-state index contributed by atoms with van der Waals surface area (Å²) in [5.74, 6) is 0.555. The van der Waals surface area contributed by atoms with E-state index in [9.17, 15) is 9.59 Å². The first-order valence-corrected chi connectivity index (χ1v) is 11.1. The molecule has 0 unspecified atom stereocenters. The molecule has 5 heteroatoms. The van der Waals surface area contributed by atoms with E-state index in [1.165, 1.54) is 33.5 Å². The molecule has 0 aromatic heterocycles. The second-order valence-corrected chi connectivity index (χ2v) is 10.6. The van der Waals surface area contributed by atoms with Gasteiger partial charge in [-0.25, -0.2) is 9.59 Å². The summed E-state index contributed by atoms with van der Waals surface area (Å²) in [7, 11) is 2.75.